The number of hydrogen-bond acceptors (Lipinski definition) is 5. The van der Waals surface area contributed by atoms with Crippen LogP contribution < -0.4 is 5.32 Å². The predicted octanol–water partition coefficient (Wildman–Crippen LogP) is 3.14. The minimum atomic E-state index is -1.20. The average Bonchev–Trinajstić information content (AvgIpc) is 3.08. The lowest BCUT2D eigenvalue weighted by molar-refractivity contribution is 0.0514. The van der Waals surface area contributed by atoms with Crippen molar-refractivity contribution < 1.29 is 14.3 Å². The SMILES string of the molecule is Cc1cc(C(C)(O)CNC(=O)c2nc3ccccc3s2)c(C)o1. The van der Waals surface area contributed by atoms with Gasteiger partial charge in [-0.1, -0.05) is 12.1 Å². The molecule has 0 saturated heterocycles. The minimum Gasteiger partial charge on any atom is -0.466 e. The molecule has 120 valence electrons. The summed E-state index contributed by atoms with van der Waals surface area (Å²) in [5.41, 5.74) is 0.282. The number of fused-ring (bicyclic) bond motifs is 1. The first-order valence-electron chi connectivity index (χ1n) is 7.30. The number of benzene rings is 1. The molecule has 0 bridgehead atoms. The number of hydrogen-bond donors (Lipinski definition) is 2. The molecule has 23 heavy (non-hydrogen) atoms. The molecule has 1 atom stereocenters. The van der Waals surface area contributed by atoms with E-state index in [1.54, 1.807) is 19.9 Å². The van der Waals surface area contributed by atoms with E-state index in [0.29, 0.717) is 16.3 Å². The highest BCUT2D eigenvalue weighted by Gasteiger charge is 2.28. The molecule has 0 aliphatic heterocycles. The Morgan fingerprint density at radius 1 is 1.39 bits per heavy atom. The zero-order chi connectivity index (χ0) is 16.6. The summed E-state index contributed by atoms with van der Waals surface area (Å²) < 4.78 is 6.41. The van der Waals surface area contributed by atoms with Gasteiger partial charge in [0, 0.05) is 5.56 Å². The first-order valence-corrected chi connectivity index (χ1v) is 8.12. The molecule has 0 fully saturated rings. The summed E-state index contributed by atoms with van der Waals surface area (Å²) in [6.07, 6.45) is 0. The number of amides is 1. The van der Waals surface area contributed by atoms with E-state index in [9.17, 15) is 9.90 Å². The van der Waals surface area contributed by atoms with Crippen molar-refractivity contribution in [1.29, 1.82) is 0 Å². The molecule has 2 N–H and O–H groups in total. The van der Waals surface area contributed by atoms with Gasteiger partial charge >= 0.3 is 0 Å². The van der Waals surface area contributed by atoms with Crippen LogP contribution in [0.1, 0.15) is 33.8 Å². The predicted molar refractivity (Wildman–Crippen MR) is 89.7 cm³/mol. The number of carbonyl (C=O) groups excluding carboxylic acids is 1. The van der Waals surface area contributed by atoms with E-state index in [0.717, 1.165) is 16.0 Å². The number of aromatic nitrogens is 1. The van der Waals surface area contributed by atoms with Crippen molar-refractivity contribution in [3.05, 3.63) is 52.4 Å². The molecule has 2 heterocycles. The maximum absolute atomic E-state index is 12.3. The van der Waals surface area contributed by atoms with E-state index in [1.807, 2.05) is 31.2 Å². The Morgan fingerprint density at radius 2 is 2.13 bits per heavy atom. The monoisotopic (exact) mass is 330 g/mol. The molecule has 5 nitrogen and oxygen atoms in total. The number of furan rings is 1. The molecule has 1 aromatic carbocycles. The fourth-order valence-corrected chi connectivity index (χ4v) is 3.44. The quantitative estimate of drug-likeness (QED) is 0.770. The number of aliphatic hydroxyl groups is 1. The van der Waals surface area contributed by atoms with Crippen molar-refractivity contribution in [2.24, 2.45) is 0 Å². The summed E-state index contributed by atoms with van der Waals surface area (Å²) in [6, 6.07) is 9.39. The van der Waals surface area contributed by atoms with Crippen LogP contribution in [0, 0.1) is 13.8 Å². The Bertz CT molecular complexity index is 831. The molecule has 6 heteroatoms. The Hall–Kier alpha value is -2.18. The summed E-state index contributed by atoms with van der Waals surface area (Å²) >= 11 is 1.34. The largest absolute Gasteiger partial charge is 0.466 e. The van der Waals surface area contributed by atoms with Crippen LogP contribution >= 0.6 is 11.3 Å². The molecule has 0 aliphatic rings. The number of rotatable bonds is 4. The number of thiazole rings is 1. The van der Waals surface area contributed by atoms with Gasteiger partial charge in [-0.15, -0.1) is 11.3 Å². The number of nitrogens with zero attached hydrogens (tertiary/aromatic N) is 1. The number of nitrogens with one attached hydrogen (secondary N) is 1. The smallest absolute Gasteiger partial charge is 0.280 e. The van der Waals surface area contributed by atoms with Gasteiger partial charge in [-0.2, -0.15) is 0 Å². The molecule has 3 aromatic rings. The Labute approximate surface area is 138 Å². The Kier molecular flexibility index (Phi) is 3.95. The van der Waals surface area contributed by atoms with Crippen molar-refractivity contribution in [2.45, 2.75) is 26.4 Å². The lowest BCUT2D eigenvalue weighted by Gasteiger charge is -2.23. The maximum atomic E-state index is 12.3. The standard InChI is InChI=1S/C17H18N2O3S/c1-10-8-12(11(2)22-10)17(3,21)9-18-15(20)16-19-13-6-4-5-7-14(13)23-16/h4-8,21H,9H2,1-3H3,(H,18,20). The molecule has 0 saturated carbocycles. The van der Waals surface area contributed by atoms with Crippen LogP contribution in [-0.2, 0) is 5.60 Å². The van der Waals surface area contributed by atoms with Crippen LogP contribution in [0.4, 0.5) is 0 Å². The van der Waals surface area contributed by atoms with Gasteiger partial charge in [-0.05, 0) is 39.0 Å². The minimum absolute atomic E-state index is 0.0849. The number of para-hydroxylation sites is 1. The third-order valence-electron chi connectivity index (χ3n) is 3.70. The summed E-state index contributed by atoms with van der Waals surface area (Å²) in [6.45, 7) is 5.36. The van der Waals surface area contributed by atoms with Crippen molar-refractivity contribution in [3.63, 3.8) is 0 Å². The maximum Gasteiger partial charge on any atom is 0.280 e. The highest BCUT2D eigenvalue weighted by Crippen LogP contribution is 2.27. The summed E-state index contributed by atoms with van der Waals surface area (Å²) in [4.78, 5) is 16.6. The third-order valence-corrected chi connectivity index (χ3v) is 4.74. The highest BCUT2D eigenvalue weighted by atomic mass is 32.1. The second-order valence-electron chi connectivity index (χ2n) is 5.77. The zero-order valence-corrected chi connectivity index (χ0v) is 14.0. The van der Waals surface area contributed by atoms with Gasteiger partial charge in [0.05, 0.1) is 16.8 Å². The van der Waals surface area contributed by atoms with Crippen molar-refractivity contribution in [2.75, 3.05) is 6.54 Å². The van der Waals surface area contributed by atoms with Crippen LogP contribution in [0.5, 0.6) is 0 Å². The van der Waals surface area contributed by atoms with Crippen molar-refractivity contribution in [3.8, 4) is 0 Å². The lowest BCUT2D eigenvalue weighted by atomic mass is 9.96. The fraction of sp³-hybridized carbons (Fsp3) is 0.294. The second-order valence-corrected chi connectivity index (χ2v) is 6.80. The molecular formula is C17H18N2O3S. The van der Waals surface area contributed by atoms with Crippen LogP contribution in [0.25, 0.3) is 10.2 Å². The van der Waals surface area contributed by atoms with Gasteiger partial charge in [0.25, 0.3) is 5.91 Å². The van der Waals surface area contributed by atoms with Gasteiger partial charge < -0.3 is 14.8 Å². The first kappa shape index (κ1) is 15.7. The van der Waals surface area contributed by atoms with Crippen LogP contribution in [0.15, 0.2) is 34.7 Å². The molecule has 2 aromatic heterocycles. The van der Waals surface area contributed by atoms with Gasteiger partial charge in [-0.3, -0.25) is 4.79 Å². The molecule has 0 aliphatic carbocycles. The summed E-state index contributed by atoms with van der Waals surface area (Å²) in [7, 11) is 0. The molecule has 1 unspecified atom stereocenters. The van der Waals surface area contributed by atoms with E-state index < -0.39 is 5.60 Å². The van der Waals surface area contributed by atoms with E-state index in [1.165, 1.54) is 11.3 Å². The highest BCUT2D eigenvalue weighted by molar-refractivity contribution is 7.20. The third kappa shape index (κ3) is 3.13. The average molecular weight is 330 g/mol. The number of carbonyl (C=O) groups is 1. The van der Waals surface area contributed by atoms with Gasteiger partial charge in [0.1, 0.15) is 17.1 Å². The molecule has 1 amide bonds. The van der Waals surface area contributed by atoms with Crippen molar-refractivity contribution >= 4 is 27.5 Å². The van der Waals surface area contributed by atoms with Gasteiger partial charge in [-0.25, -0.2) is 4.98 Å². The van der Waals surface area contributed by atoms with E-state index in [2.05, 4.69) is 10.3 Å². The van der Waals surface area contributed by atoms with Crippen LogP contribution in [0.2, 0.25) is 0 Å². The number of aryl methyl sites for hydroxylation is 2. The van der Waals surface area contributed by atoms with Gasteiger partial charge in [0.15, 0.2) is 5.01 Å². The lowest BCUT2D eigenvalue weighted by Crippen LogP contribution is -2.38. The topological polar surface area (TPSA) is 75.4 Å². The molecule has 0 radical (unpaired) electrons. The van der Waals surface area contributed by atoms with Crippen LogP contribution in [0.3, 0.4) is 0 Å². The molecule has 0 spiro atoms. The van der Waals surface area contributed by atoms with Crippen molar-refractivity contribution in [1.82, 2.24) is 10.3 Å². The van der Waals surface area contributed by atoms with E-state index in [-0.39, 0.29) is 12.5 Å². The van der Waals surface area contributed by atoms with E-state index >= 15 is 0 Å². The summed E-state index contributed by atoms with van der Waals surface area (Å²) in [5, 5.41) is 13.8. The zero-order valence-electron chi connectivity index (χ0n) is 13.2. The van der Waals surface area contributed by atoms with E-state index in [4.69, 9.17) is 4.42 Å². The summed E-state index contributed by atoms with van der Waals surface area (Å²) in [5.74, 6) is 1.10. The fourth-order valence-electron chi connectivity index (χ4n) is 2.56. The van der Waals surface area contributed by atoms with Crippen LogP contribution in [-0.4, -0.2) is 22.5 Å². The molecular weight excluding hydrogens is 312 g/mol. The van der Waals surface area contributed by atoms with Gasteiger partial charge in [0.2, 0.25) is 0 Å². The Balaban J connectivity index is 1.74. The second kappa shape index (κ2) is 5.79. The normalized spacial score (nSPS) is 13.9. The molecule has 3 rings (SSSR count). The first-order chi connectivity index (χ1) is 10.9. The Morgan fingerprint density at radius 3 is 2.78 bits per heavy atom.